The first-order valence-corrected chi connectivity index (χ1v) is 8.63. The fraction of sp³-hybridized carbons (Fsp3) is 1.00. The maximum atomic E-state index is 9.60. The Labute approximate surface area is 121 Å². The van der Waals surface area contributed by atoms with Gasteiger partial charge in [0, 0.05) is 0 Å². The summed E-state index contributed by atoms with van der Waals surface area (Å²) in [5.41, 5.74) is 0. The van der Waals surface area contributed by atoms with E-state index in [1.165, 1.54) is 70.6 Å². The molecule has 0 saturated heterocycles. The van der Waals surface area contributed by atoms with Gasteiger partial charge in [0.1, 0.15) is 0 Å². The number of aliphatic hydroxyl groups excluding tert-OH is 1. The Kier molecular flexibility index (Phi) is 12.9. The molecular formula is C17H38NO+. The van der Waals surface area contributed by atoms with Gasteiger partial charge < -0.3 is 9.59 Å². The van der Waals surface area contributed by atoms with Crippen LogP contribution in [0.2, 0.25) is 0 Å². The van der Waals surface area contributed by atoms with E-state index in [2.05, 4.69) is 20.9 Å². The molecule has 0 aromatic carbocycles. The first-order valence-electron chi connectivity index (χ1n) is 8.63. The lowest BCUT2D eigenvalue weighted by atomic mass is 10.1. The Morgan fingerprint density at radius 2 is 1.00 bits per heavy atom. The Bertz CT molecular complexity index is 184. The van der Waals surface area contributed by atoms with Crippen LogP contribution < -0.4 is 0 Å². The van der Waals surface area contributed by atoms with Crippen molar-refractivity contribution >= 4 is 0 Å². The third-order valence-corrected chi connectivity index (χ3v) is 4.19. The number of quaternary nitrogens is 1. The van der Waals surface area contributed by atoms with Crippen molar-refractivity contribution in [2.45, 2.75) is 84.5 Å². The summed E-state index contributed by atoms with van der Waals surface area (Å²) < 4.78 is 0.861. The molecule has 116 valence electrons. The van der Waals surface area contributed by atoms with Crippen molar-refractivity contribution in [2.75, 3.05) is 26.9 Å². The van der Waals surface area contributed by atoms with Gasteiger partial charge >= 0.3 is 0 Å². The van der Waals surface area contributed by atoms with Crippen LogP contribution >= 0.6 is 0 Å². The minimum atomic E-state index is 0.308. The molecule has 19 heavy (non-hydrogen) atoms. The van der Waals surface area contributed by atoms with Crippen molar-refractivity contribution in [3.8, 4) is 0 Å². The van der Waals surface area contributed by atoms with Crippen molar-refractivity contribution in [1.82, 2.24) is 0 Å². The quantitative estimate of drug-likeness (QED) is 0.276. The van der Waals surface area contributed by atoms with Gasteiger partial charge in [-0.2, -0.15) is 0 Å². The molecule has 0 aliphatic heterocycles. The summed E-state index contributed by atoms with van der Waals surface area (Å²) in [7, 11) is 2.21. The predicted molar refractivity (Wildman–Crippen MR) is 85.1 cm³/mol. The lowest BCUT2D eigenvalue weighted by molar-refractivity contribution is -0.927. The van der Waals surface area contributed by atoms with E-state index < -0.39 is 0 Å². The minimum absolute atomic E-state index is 0.308. The summed E-state index contributed by atoms with van der Waals surface area (Å²) in [6.07, 6.45) is 14.7. The molecule has 0 heterocycles. The van der Waals surface area contributed by atoms with Gasteiger partial charge in [0.05, 0.1) is 20.1 Å². The zero-order valence-electron chi connectivity index (χ0n) is 13.8. The highest BCUT2D eigenvalue weighted by atomic mass is 16.3. The number of hydrogen-bond acceptors (Lipinski definition) is 1. The van der Waals surface area contributed by atoms with E-state index in [9.17, 15) is 5.11 Å². The smallest absolute Gasteiger partial charge is 0.180 e. The van der Waals surface area contributed by atoms with Crippen molar-refractivity contribution in [3.05, 3.63) is 0 Å². The van der Waals surface area contributed by atoms with Gasteiger partial charge in [0.2, 0.25) is 0 Å². The molecule has 1 N–H and O–H groups in total. The first kappa shape index (κ1) is 18.9. The topological polar surface area (TPSA) is 20.2 Å². The van der Waals surface area contributed by atoms with Crippen LogP contribution in [0.25, 0.3) is 0 Å². The van der Waals surface area contributed by atoms with E-state index in [1.54, 1.807) is 0 Å². The molecule has 0 aliphatic carbocycles. The van der Waals surface area contributed by atoms with Crippen molar-refractivity contribution in [1.29, 1.82) is 0 Å². The van der Waals surface area contributed by atoms with Crippen LogP contribution in [0.15, 0.2) is 0 Å². The third kappa shape index (κ3) is 11.4. The highest BCUT2D eigenvalue weighted by Gasteiger charge is 2.18. The van der Waals surface area contributed by atoms with Crippen LogP contribution in [0.1, 0.15) is 84.5 Å². The second-order valence-electron chi connectivity index (χ2n) is 6.39. The zero-order chi connectivity index (χ0) is 14.4. The summed E-state index contributed by atoms with van der Waals surface area (Å²) in [5.74, 6) is 0. The lowest BCUT2D eigenvalue weighted by Crippen LogP contribution is -2.46. The molecule has 0 amide bonds. The molecule has 0 aliphatic rings. The fourth-order valence-electron chi connectivity index (χ4n) is 2.62. The average Bonchev–Trinajstić information content (AvgIpc) is 2.42. The molecule has 0 rings (SSSR count). The molecule has 1 unspecified atom stereocenters. The summed E-state index contributed by atoms with van der Waals surface area (Å²) in [6.45, 7) is 7.12. The number of hydrogen-bond donors (Lipinski definition) is 1. The van der Waals surface area contributed by atoms with E-state index >= 15 is 0 Å². The van der Waals surface area contributed by atoms with Crippen LogP contribution in [0.5, 0.6) is 0 Å². The number of nitrogens with zero attached hydrogens (tertiary/aromatic N) is 1. The Hall–Kier alpha value is -0.0800. The van der Waals surface area contributed by atoms with E-state index in [-0.39, 0.29) is 0 Å². The molecule has 0 aromatic heterocycles. The molecular weight excluding hydrogens is 234 g/mol. The van der Waals surface area contributed by atoms with Crippen LogP contribution in [0, 0.1) is 0 Å². The van der Waals surface area contributed by atoms with Gasteiger partial charge in [0.25, 0.3) is 0 Å². The monoisotopic (exact) mass is 272 g/mol. The number of aliphatic hydroxyl groups is 1. The van der Waals surface area contributed by atoms with Crippen LogP contribution in [-0.4, -0.2) is 36.5 Å². The summed E-state index contributed by atoms with van der Waals surface area (Å²) in [6, 6.07) is 0. The minimum Gasteiger partial charge on any atom is -0.347 e. The van der Waals surface area contributed by atoms with Gasteiger partial charge in [-0.05, 0) is 25.7 Å². The lowest BCUT2D eigenvalue weighted by Gasteiger charge is -2.32. The highest BCUT2D eigenvalue weighted by Crippen LogP contribution is 2.12. The standard InChI is InChI=1S/C17H38NO/c1-4-6-8-10-12-14-16-18(3,17-19)15-13-11-9-7-5-2/h19H,4-17H2,1-3H3/q+1. The van der Waals surface area contributed by atoms with Gasteiger partial charge in [-0.15, -0.1) is 0 Å². The van der Waals surface area contributed by atoms with Crippen molar-refractivity contribution in [2.24, 2.45) is 0 Å². The molecule has 2 nitrogen and oxygen atoms in total. The van der Waals surface area contributed by atoms with E-state index in [0.717, 1.165) is 17.6 Å². The van der Waals surface area contributed by atoms with E-state index in [0.29, 0.717) is 6.73 Å². The van der Waals surface area contributed by atoms with E-state index in [4.69, 9.17) is 0 Å². The molecule has 0 saturated carbocycles. The maximum absolute atomic E-state index is 9.60. The Morgan fingerprint density at radius 3 is 1.37 bits per heavy atom. The summed E-state index contributed by atoms with van der Waals surface area (Å²) >= 11 is 0. The molecule has 0 aromatic rings. The molecule has 0 fully saturated rings. The molecule has 0 bridgehead atoms. The summed E-state index contributed by atoms with van der Waals surface area (Å²) in [5, 5.41) is 9.60. The Balaban J connectivity index is 3.58. The second-order valence-corrected chi connectivity index (χ2v) is 6.39. The molecule has 0 radical (unpaired) electrons. The van der Waals surface area contributed by atoms with Crippen LogP contribution in [0.3, 0.4) is 0 Å². The number of unbranched alkanes of at least 4 members (excludes halogenated alkanes) is 9. The van der Waals surface area contributed by atoms with Crippen LogP contribution in [-0.2, 0) is 0 Å². The fourth-order valence-corrected chi connectivity index (χ4v) is 2.62. The normalized spacial score (nSPS) is 14.5. The number of rotatable bonds is 14. The largest absolute Gasteiger partial charge is 0.347 e. The van der Waals surface area contributed by atoms with Gasteiger partial charge in [-0.25, -0.2) is 0 Å². The van der Waals surface area contributed by atoms with Crippen molar-refractivity contribution < 1.29 is 9.59 Å². The second kappa shape index (κ2) is 12.9. The molecule has 0 spiro atoms. The molecule has 2 heteroatoms. The van der Waals surface area contributed by atoms with E-state index in [1.807, 2.05) is 0 Å². The SMILES string of the molecule is CCCCCCCC[N+](C)(CO)CCCCCCC. The van der Waals surface area contributed by atoms with Gasteiger partial charge in [-0.3, -0.25) is 0 Å². The predicted octanol–water partition coefficient (Wildman–Crippen LogP) is 4.71. The van der Waals surface area contributed by atoms with Gasteiger partial charge in [0.15, 0.2) is 6.73 Å². The average molecular weight is 272 g/mol. The van der Waals surface area contributed by atoms with Crippen LogP contribution in [0.4, 0.5) is 0 Å². The highest BCUT2D eigenvalue weighted by molar-refractivity contribution is 4.46. The molecule has 1 atom stereocenters. The van der Waals surface area contributed by atoms with Gasteiger partial charge in [-0.1, -0.05) is 58.8 Å². The first-order chi connectivity index (χ1) is 9.18. The zero-order valence-corrected chi connectivity index (χ0v) is 13.8. The maximum Gasteiger partial charge on any atom is 0.180 e. The third-order valence-electron chi connectivity index (χ3n) is 4.19. The summed E-state index contributed by atoms with van der Waals surface area (Å²) in [4.78, 5) is 0. The Morgan fingerprint density at radius 1 is 0.632 bits per heavy atom. The van der Waals surface area contributed by atoms with Crippen molar-refractivity contribution in [3.63, 3.8) is 0 Å².